The third-order valence-corrected chi connectivity index (χ3v) is 4.82. The van der Waals surface area contributed by atoms with Crippen molar-refractivity contribution in [2.75, 3.05) is 13.2 Å². The number of hydrogen-bond acceptors (Lipinski definition) is 2. The third kappa shape index (κ3) is 2.78. The molecule has 0 aromatic heterocycles. The molecule has 0 bridgehead atoms. The summed E-state index contributed by atoms with van der Waals surface area (Å²) in [5, 5.41) is 0. The highest BCUT2D eigenvalue weighted by molar-refractivity contribution is 4.94. The van der Waals surface area contributed by atoms with Crippen LogP contribution in [-0.2, 0) is 4.74 Å². The Morgan fingerprint density at radius 2 is 2.06 bits per heavy atom. The molecule has 2 heteroatoms. The largest absolute Gasteiger partial charge is 0.381 e. The second-order valence-electron chi connectivity index (χ2n) is 5.84. The second kappa shape index (κ2) is 5.50. The maximum Gasteiger partial charge on any atom is 0.0483 e. The minimum Gasteiger partial charge on any atom is -0.381 e. The number of hydrogen-bond donors (Lipinski definition) is 1. The van der Waals surface area contributed by atoms with Crippen molar-refractivity contribution in [3.8, 4) is 0 Å². The van der Waals surface area contributed by atoms with Crippen LogP contribution in [0.25, 0.3) is 0 Å². The highest BCUT2D eigenvalue weighted by Gasteiger charge is 2.37. The molecule has 1 aliphatic heterocycles. The van der Waals surface area contributed by atoms with Crippen LogP contribution in [-0.4, -0.2) is 18.8 Å². The van der Waals surface area contributed by atoms with Crippen molar-refractivity contribution in [2.24, 2.45) is 17.6 Å². The van der Waals surface area contributed by atoms with Crippen molar-refractivity contribution in [1.29, 1.82) is 0 Å². The van der Waals surface area contributed by atoms with Crippen LogP contribution in [0.2, 0.25) is 0 Å². The molecule has 2 fully saturated rings. The van der Waals surface area contributed by atoms with E-state index in [0.29, 0.717) is 0 Å². The molecule has 1 aliphatic carbocycles. The maximum absolute atomic E-state index is 6.67. The van der Waals surface area contributed by atoms with Crippen molar-refractivity contribution in [2.45, 2.75) is 63.8 Å². The zero-order chi connectivity index (χ0) is 11.4. The molecule has 94 valence electrons. The number of ether oxygens (including phenoxy) is 1. The molecule has 1 saturated carbocycles. The third-order valence-electron chi connectivity index (χ3n) is 4.82. The second-order valence-corrected chi connectivity index (χ2v) is 5.84. The monoisotopic (exact) mass is 225 g/mol. The van der Waals surface area contributed by atoms with E-state index >= 15 is 0 Å². The van der Waals surface area contributed by atoms with Gasteiger partial charge in [0, 0.05) is 18.8 Å². The molecule has 0 spiro atoms. The standard InChI is InChI=1S/C14H27NO/c1-2-12-5-3-6-13(11-12)14(15)7-4-9-16-10-8-14/h12-13H,2-11,15H2,1H3. The quantitative estimate of drug-likeness (QED) is 0.783. The summed E-state index contributed by atoms with van der Waals surface area (Å²) in [6.45, 7) is 4.12. The van der Waals surface area contributed by atoms with Crippen LogP contribution in [0.5, 0.6) is 0 Å². The van der Waals surface area contributed by atoms with E-state index in [1.807, 2.05) is 0 Å². The fraction of sp³-hybridized carbons (Fsp3) is 1.00. The molecular weight excluding hydrogens is 198 g/mol. The first-order valence-corrected chi connectivity index (χ1v) is 7.11. The van der Waals surface area contributed by atoms with Gasteiger partial charge in [-0.1, -0.05) is 26.2 Å². The lowest BCUT2D eigenvalue weighted by atomic mass is 9.68. The van der Waals surface area contributed by atoms with Gasteiger partial charge in [-0.2, -0.15) is 0 Å². The lowest BCUT2D eigenvalue weighted by molar-refractivity contribution is 0.116. The summed E-state index contributed by atoms with van der Waals surface area (Å²) < 4.78 is 5.55. The molecule has 0 aromatic rings. The molecule has 1 heterocycles. The van der Waals surface area contributed by atoms with Crippen molar-refractivity contribution in [3.05, 3.63) is 0 Å². The van der Waals surface area contributed by atoms with E-state index in [9.17, 15) is 0 Å². The van der Waals surface area contributed by atoms with E-state index in [4.69, 9.17) is 10.5 Å². The van der Waals surface area contributed by atoms with Gasteiger partial charge < -0.3 is 10.5 Å². The van der Waals surface area contributed by atoms with Gasteiger partial charge in [0.15, 0.2) is 0 Å². The molecule has 0 aromatic carbocycles. The smallest absolute Gasteiger partial charge is 0.0483 e. The van der Waals surface area contributed by atoms with E-state index in [0.717, 1.165) is 37.9 Å². The SMILES string of the molecule is CCC1CCCC(C2(N)CCCOCC2)C1. The summed E-state index contributed by atoms with van der Waals surface area (Å²) in [7, 11) is 0. The normalized spacial score (nSPS) is 41.6. The molecule has 3 unspecified atom stereocenters. The summed E-state index contributed by atoms with van der Waals surface area (Å²) in [5.74, 6) is 1.69. The van der Waals surface area contributed by atoms with E-state index in [1.54, 1.807) is 0 Å². The summed E-state index contributed by atoms with van der Waals surface area (Å²) in [4.78, 5) is 0. The lowest BCUT2D eigenvalue weighted by Gasteiger charge is -2.41. The number of nitrogens with two attached hydrogens (primary N) is 1. The molecule has 2 aliphatic rings. The van der Waals surface area contributed by atoms with Gasteiger partial charge in [0.25, 0.3) is 0 Å². The van der Waals surface area contributed by atoms with E-state index in [-0.39, 0.29) is 5.54 Å². The van der Waals surface area contributed by atoms with Crippen LogP contribution in [0.15, 0.2) is 0 Å². The molecule has 2 rings (SSSR count). The average Bonchev–Trinajstić information content (AvgIpc) is 2.55. The first-order valence-electron chi connectivity index (χ1n) is 7.11. The molecule has 1 saturated heterocycles. The Labute approximate surface area is 99.9 Å². The van der Waals surface area contributed by atoms with Crippen LogP contribution in [0, 0.1) is 11.8 Å². The van der Waals surface area contributed by atoms with E-state index < -0.39 is 0 Å². The van der Waals surface area contributed by atoms with Crippen LogP contribution in [0.1, 0.15) is 58.3 Å². The van der Waals surface area contributed by atoms with Gasteiger partial charge in [-0.05, 0) is 43.9 Å². The van der Waals surface area contributed by atoms with Crippen molar-refractivity contribution in [3.63, 3.8) is 0 Å². The zero-order valence-electron chi connectivity index (χ0n) is 10.7. The van der Waals surface area contributed by atoms with E-state index in [2.05, 4.69) is 6.92 Å². The predicted molar refractivity (Wildman–Crippen MR) is 67.3 cm³/mol. The van der Waals surface area contributed by atoms with Crippen molar-refractivity contribution in [1.82, 2.24) is 0 Å². The summed E-state index contributed by atoms with van der Waals surface area (Å²) in [6, 6.07) is 0. The van der Waals surface area contributed by atoms with Gasteiger partial charge in [-0.3, -0.25) is 0 Å². The highest BCUT2D eigenvalue weighted by atomic mass is 16.5. The number of rotatable bonds is 2. The van der Waals surface area contributed by atoms with Gasteiger partial charge in [0.05, 0.1) is 0 Å². The summed E-state index contributed by atoms with van der Waals surface area (Å²) >= 11 is 0. The predicted octanol–water partition coefficient (Wildman–Crippen LogP) is 3.10. The molecule has 16 heavy (non-hydrogen) atoms. The Kier molecular flexibility index (Phi) is 4.26. The molecule has 0 radical (unpaired) electrons. The van der Waals surface area contributed by atoms with Crippen molar-refractivity contribution >= 4 is 0 Å². The van der Waals surface area contributed by atoms with Gasteiger partial charge in [0.2, 0.25) is 0 Å². The first kappa shape index (κ1) is 12.4. The summed E-state index contributed by atoms with van der Waals surface area (Å²) in [6.07, 6.45) is 10.3. The van der Waals surface area contributed by atoms with Crippen LogP contribution in [0.3, 0.4) is 0 Å². The van der Waals surface area contributed by atoms with Crippen LogP contribution < -0.4 is 5.73 Å². The van der Waals surface area contributed by atoms with Crippen LogP contribution in [0.4, 0.5) is 0 Å². The Balaban J connectivity index is 1.97. The highest BCUT2D eigenvalue weighted by Crippen LogP contribution is 2.40. The first-order chi connectivity index (χ1) is 7.74. The van der Waals surface area contributed by atoms with Gasteiger partial charge in [0.1, 0.15) is 0 Å². The van der Waals surface area contributed by atoms with Gasteiger partial charge >= 0.3 is 0 Å². The fourth-order valence-electron chi connectivity index (χ4n) is 3.58. The Morgan fingerprint density at radius 3 is 2.88 bits per heavy atom. The van der Waals surface area contributed by atoms with Gasteiger partial charge in [-0.15, -0.1) is 0 Å². The van der Waals surface area contributed by atoms with E-state index in [1.165, 1.54) is 38.5 Å². The minimum atomic E-state index is 0.0876. The Morgan fingerprint density at radius 1 is 1.19 bits per heavy atom. The summed E-state index contributed by atoms with van der Waals surface area (Å²) in [5.41, 5.74) is 6.76. The molecule has 2 nitrogen and oxygen atoms in total. The maximum atomic E-state index is 6.67. The Hall–Kier alpha value is -0.0800. The fourth-order valence-corrected chi connectivity index (χ4v) is 3.58. The minimum absolute atomic E-state index is 0.0876. The molecule has 0 amide bonds. The molecular formula is C14H27NO. The van der Waals surface area contributed by atoms with Crippen molar-refractivity contribution < 1.29 is 4.74 Å². The average molecular weight is 225 g/mol. The topological polar surface area (TPSA) is 35.2 Å². The van der Waals surface area contributed by atoms with Crippen LogP contribution >= 0.6 is 0 Å². The zero-order valence-corrected chi connectivity index (χ0v) is 10.7. The lowest BCUT2D eigenvalue weighted by Crippen LogP contribution is -2.49. The van der Waals surface area contributed by atoms with Gasteiger partial charge in [-0.25, -0.2) is 0 Å². The Bertz CT molecular complexity index is 209. The molecule has 2 N–H and O–H groups in total. The molecule has 3 atom stereocenters.